The summed E-state index contributed by atoms with van der Waals surface area (Å²) >= 11 is 0. The maximum absolute atomic E-state index is 13.6. The molecule has 7 nitrogen and oxygen atoms in total. The highest BCUT2D eigenvalue weighted by Gasteiger charge is 2.31. The molecule has 1 aliphatic carbocycles. The molecular weight excluding hydrogens is 531 g/mol. The standard InChI is InChI=1S/C31H36F3N5O2/c1-4-38(13-8-7-11-30(40)41)28-18-24-10-6-5-9-23(24)17-25(28)21-39(29-12-14-37(3)36-29)20-22-15-26(31(32,33)34)19-27(16-22)35-2/h12,14-19H,4-11,13,20-21H2,1,3H3,(H,40,41). The lowest BCUT2D eigenvalue weighted by Crippen LogP contribution is -2.29. The third-order valence-electron chi connectivity index (χ3n) is 7.53. The van der Waals surface area contributed by atoms with Gasteiger partial charge in [-0.25, -0.2) is 4.85 Å². The van der Waals surface area contributed by atoms with Gasteiger partial charge in [0.25, 0.3) is 0 Å². The largest absolute Gasteiger partial charge is 0.481 e. The van der Waals surface area contributed by atoms with E-state index in [0.717, 1.165) is 62.0 Å². The minimum absolute atomic E-state index is 0.0521. The van der Waals surface area contributed by atoms with Gasteiger partial charge in [0.15, 0.2) is 11.5 Å². The maximum Gasteiger partial charge on any atom is 0.415 e. The molecule has 1 aliphatic rings. The van der Waals surface area contributed by atoms with E-state index in [1.807, 2.05) is 11.0 Å². The smallest absolute Gasteiger partial charge is 0.415 e. The summed E-state index contributed by atoms with van der Waals surface area (Å²) in [5.41, 5.74) is 4.23. The van der Waals surface area contributed by atoms with Crippen molar-refractivity contribution in [3.63, 3.8) is 0 Å². The fourth-order valence-corrected chi connectivity index (χ4v) is 5.48. The van der Waals surface area contributed by atoms with Gasteiger partial charge in [0.2, 0.25) is 0 Å². The van der Waals surface area contributed by atoms with Crippen LogP contribution >= 0.6 is 0 Å². The number of nitrogens with zero attached hydrogens (tertiary/aromatic N) is 5. The summed E-state index contributed by atoms with van der Waals surface area (Å²) in [4.78, 5) is 18.5. The predicted octanol–water partition coefficient (Wildman–Crippen LogP) is 7.16. The summed E-state index contributed by atoms with van der Waals surface area (Å²) in [5.74, 6) is -0.174. The molecular formula is C31H36F3N5O2. The van der Waals surface area contributed by atoms with Gasteiger partial charge in [-0.3, -0.25) is 9.48 Å². The summed E-state index contributed by atoms with van der Waals surface area (Å²) in [6, 6.07) is 9.82. The molecule has 0 unspecified atom stereocenters. The van der Waals surface area contributed by atoms with Crippen molar-refractivity contribution in [3.8, 4) is 0 Å². The number of hydrogen-bond donors (Lipinski definition) is 1. The van der Waals surface area contributed by atoms with Crippen LogP contribution in [-0.2, 0) is 43.9 Å². The number of aryl methyl sites for hydroxylation is 3. The van der Waals surface area contributed by atoms with Crippen molar-refractivity contribution < 1.29 is 23.1 Å². The first kappa shape index (κ1) is 30.0. The second-order valence-corrected chi connectivity index (χ2v) is 10.6. The third kappa shape index (κ3) is 7.81. The van der Waals surface area contributed by atoms with Crippen LogP contribution in [0.1, 0.15) is 66.8 Å². The highest BCUT2D eigenvalue weighted by atomic mass is 19.4. The number of unbranched alkanes of at least 4 members (excludes halogenated alkanes) is 1. The number of carbonyl (C=O) groups is 1. The fraction of sp³-hybridized carbons (Fsp3) is 0.452. The molecule has 218 valence electrons. The van der Waals surface area contributed by atoms with E-state index >= 15 is 0 Å². The molecule has 0 saturated heterocycles. The number of rotatable bonds is 12. The first-order valence-electron chi connectivity index (χ1n) is 14.0. The highest BCUT2D eigenvalue weighted by Crippen LogP contribution is 2.35. The van der Waals surface area contributed by atoms with E-state index in [2.05, 4.69) is 33.9 Å². The van der Waals surface area contributed by atoms with Gasteiger partial charge < -0.3 is 14.9 Å². The Hall–Kier alpha value is -4.00. The van der Waals surface area contributed by atoms with Gasteiger partial charge in [-0.1, -0.05) is 12.1 Å². The molecule has 2 aromatic carbocycles. The Labute approximate surface area is 239 Å². The van der Waals surface area contributed by atoms with Crippen molar-refractivity contribution in [1.82, 2.24) is 9.78 Å². The lowest BCUT2D eigenvalue weighted by molar-refractivity contribution is -0.138. The number of anilines is 2. The van der Waals surface area contributed by atoms with Crippen molar-refractivity contribution in [3.05, 3.63) is 81.8 Å². The van der Waals surface area contributed by atoms with Crippen LogP contribution in [0.3, 0.4) is 0 Å². The molecule has 0 amide bonds. The predicted molar refractivity (Wildman–Crippen MR) is 153 cm³/mol. The van der Waals surface area contributed by atoms with Gasteiger partial charge >= 0.3 is 12.1 Å². The molecule has 3 aromatic rings. The van der Waals surface area contributed by atoms with E-state index in [4.69, 9.17) is 11.7 Å². The average molecular weight is 568 g/mol. The summed E-state index contributed by atoms with van der Waals surface area (Å²) in [7, 11) is 1.79. The fourth-order valence-electron chi connectivity index (χ4n) is 5.48. The van der Waals surface area contributed by atoms with Crippen LogP contribution in [0.2, 0.25) is 0 Å². The molecule has 1 heterocycles. The van der Waals surface area contributed by atoms with E-state index in [9.17, 15) is 18.0 Å². The quantitative estimate of drug-likeness (QED) is 0.186. The normalized spacial score (nSPS) is 13.0. The first-order chi connectivity index (χ1) is 19.6. The SMILES string of the molecule is [C-]#[N+]c1cc(CN(Cc2cc3c(cc2N(CC)CCCCC(=O)O)CCCC3)c2ccn(C)n2)cc(C(F)(F)F)c1. The van der Waals surface area contributed by atoms with Gasteiger partial charge in [0, 0.05) is 63.2 Å². The number of hydrogen-bond acceptors (Lipinski definition) is 4. The topological polar surface area (TPSA) is 66.0 Å². The van der Waals surface area contributed by atoms with Crippen LogP contribution in [0.4, 0.5) is 30.4 Å². The minimum atomic E-state index is -4.56. The molecule has 0 radical (unpaired) electrons. The maximum atomic E-state index is 13.6. The van der Waals surface area contributed by atoms with Crippen LogP contribution in [0.25, 0.3) is 4.85 Å². The summed E-state index contributed by atoms with van der Waals surface area (Å²) in [6.45, 7) is 11.4. The van der Waals surface area contributed by atoms with E-state index in [0.29, 0.717) is 30.9 Å². The molecule has 0 aliphatic heterocycles. The molecule has 0 bridgehead atoms. The van der Waals surface area contributed by atoms with Crippen molar-refractivity contribution in [2.75, 3.05) is 22.9 Å². The van der Waals surface area contributed by atoms with Gasteiger partial charge in [0.1, 0.15) is 0 Å². The number of fused-ring (bicyclic) bond motifs is 1. The number of halogens is 3. The van der Waals surface area contributed by atoms with Crippen LogP contribution in [0.15, 0.2) is 42.6 Å². The molecule has 0 saturated carbocycles. The van der Waals surface area contributed by atoms with E-state index in [1.165, 1.54) is 17.2 Å². The number of carboxylic acid groups (broad SMARTS) is 1. The number of aliphatic carboxylic acids is 1. The number of alkyl halides is 3. The summed E-state index contributed by atoms with van der Waals surface area (Å²) < 4.78 is 42.6. The van der Waals surface area contributed by atoms with Crippen LogP contribution in [0, 0.1) is 6.57 Å². The molecule has 1 N–H and O–H groups in total. The number of carboxylic acids is 1. The van der Waals surface area contributed by atoms with Crippen molar-refractivity contribution in [2.45, 2.75) is 71.1 Å². The third-order valence-corrected chi connectivity index (χ3v) is 7.53. The Bertz CT molecular complexity index is 1410. The zero-order valence-corrected chi connectivity index (χ0v) is 23.5. The second kappa shape index (κ2) is 13.1. The lowest BCUT2D eigenvalue weighted by atomic mass is 9.89. The number of benzene rings is 2. The number of aromatic nitrogens is 2. The lowest BCUT2D eigenvalue weighted by Gasteiger charge is -2.31. The Kier molecular flexibility index (Phi) is 9.58. The van der Waals surface area contributed by atoms with E-state index in [1.54, 1.807) is 17.9 Å². The van der Waals surface area contributed by atoms with Gasteiger partial charge in [-0.15, -0.1) is 0 Å². The Morgan fingerprint density at radius 2 is 1.80 bits per heavy atom. The van der Waals surface area contributed by atoms with E-state index in [-0.39, 0.29) is 18.7 Å². The van der Waals surface area contributed by atoms with Crippen LogP contribution < -0.4 is 9.80 Å². The van der Waals surface area contributed by atoms with Crippen LogP contribution in [-0.4, -0.2) is 33.9 Å². The Morgan fingerprint density at radius 1 is 1.07 bits per heavy atom. The molecule has 0 atom stereocenters. The molecule has 1 aromatic heterocycles. The van der Waals surface area contributed by atoms with Crippen LogP contribution in [0.5, 0.6) is 0 Å². The first-order valence-corrected chi connectivity index (χ1v) is 14.0. The highest BCUT2D eigenvalue weighted by molar-refractivity contribution is 5.66. The molecule has 0 spiro atoms. The van der Waals surface area contributed by atoms with Crippen molar-refractivity contribution >= 4 is 23.2 Å². The van der Waals surface area contributed by atoms with E-state index < -0.39 is 17.7 Å². The van der Waals surface area contributed by atoms with Crippen molar-refractivity contribution in [1.29, 1.82) is 0 Å². The molecule has 41 heavy (non-hydrogen) atoms. The van der Waals surface area contributed by atoms with Gasteiger partial charge in [-0.2, -0.15) is 18.3 Å². The zero-order chi connectivity index (χ0) is 29.6. The van der Waals surface area contributed by atoms with Crippen molar-refractivity contribution in [2.24, 2.45) is 7.05 Å². The monoisotopic (exact) mass is 567 g/mol. The Balaban J connectivity index is 1.72. The summed E-state index contributed by atoms with van der Waals surface area (Å²) in [6.07, 6.45) is 2.95. The van der Waals surface area contributed by atoms with Gasteiger partial charge in [0.05, 0.1) is 6.57 Å². The van der Waals surface area contributed by atoms with Gasteiger partial charge in [-0.05, 0) is 85.9 Å². The average Bonchev–Trinajstić information content (AvgIpc) is 3.38. The molecule has 4 rings (SSSR count). The zero-order valence-electron chi connectivity index (χ0n) is 23.5. The molecule has 10 heteroatoms. The Morgan fingerprint density at radius 3 is 2.41 bits per heavy atom. The second-order valence-electron chi connectivity index (χ2n) is 10.6. The minimum Gasteiger partial charge on any atom is -0.481 e. The summed E-state index contributed by atoms with van der Waals surface area (Å²) in [5, 5.41) is 13.6. The molecule has 0 fully saturated rings.